The second-order valence-corrected chi connectivity index (χ2v) is 5.21. The van der Waals surface area contributed by atoms with Crippen molar-refractivity contribution in [1.29, 1.82) is 0 Å². The van der Waals surface area contributed by atoms with Gasteiger partial charge in [-0.05, 0) is 41.7 Å². The molecule has 0 aliphatic carbocycles. The standard InChI is InChI=1S/C18H20FNO2/c1-3-18(4-2,22-17(20)21)15-9-5-13(6-10-15)14-7-11-16(19)12-8-14/h5-12H,3-4H2,1-2H3,(H2,20,21). The topological polar surface area (TPSA) is 52.3 Å². The third-order valence-electron chi connectivity index (χ3n) is 4.03. The van der Waals surface area contributed by atoms with Crippen LogP contribution in [0.25, 0.3) is 11.1 Å². The fourth-order valence-electron chi connectivity index (χ4n) is 2.66. The summed E-state index contributed by atoms with van der Waals surface area (Å²) in [4.78, 5) is 11.2. The number of halogens is 1. The molecule has 0 saturated heterocycles. The summed E-state index contributed by atoms with van der Waals surface area (Å²) < 4.78 is 18.3. The third-order valence-corrected chi connectivity index (χ3v) is 4.03. The van der Waals surface area contributed by atoms with Gasteiger partial charge in [-0.15, -0.1) is 0 Å². The largest absolute Gasteiger partial charge is 0.438 e. The second-order valence-electron chi connectivity index (χ2n) is 5.21. The number of primary amides is 1. The highest BCUT2D eigenvalue weighted by Crippen LogP contribution is 2.34. The molecule has 4 heteroatoms. The number of rotatable bonds is 5. The molecule has 0 aromatic heterocycles. The molecule has 0 atom stereocenters. The van der Waals surface area contributed by atoms with Gasteiger partial charge in [0.2, 0.25) is 0 Å². The van der Waals surface area contributed by atoms with E-state index in [1.165, 1.54) is 12.1 Å². The average molecular weight is 301 g/mol. The lowest BCUT2D eigenvalue weighted by Gasteiger charge is -2.31. The molecule has 0 saturated carbocycles. The molecule has 1 amide bonds. The molecule has 2 rings (SSSR count). The number of carbonyl (C=O) groups excluding carboxylic acids is 1. The smallest absolute Gasteiger partial charge is 0.405 e. The number of hydrogen-bond donors (Lipinski definition) is 1. The Bertz CT molecular complexity index is 631. The minimum Gasteiger partial charge on any atom is -0.438 e. The highest BCUT2D eigenvalue weighted by atomic mass is 19.1. The molecule has 2 N–H and O–H groups in total. The third kappa shape index (κ3) is 3.27. The molecule has 2 aromatic carbocycles. The van der Waals surface area contributed by atoms with Crippen molar-refractivity contribution < 1.29 is 13.9 Å². The molecule has 0 unspecified atom stereocenters. The highest BCUT2D eigenvalue weighted by molar-refractivity contribution is 5.66. The van der Waals surface area contributed by atoms with Gasteiger partial charge in [-0.25, -0.2) is 9.18 Å². The predicted molar refractivity (Wildman–Crippen MR) is 84.8 cm³/mol. The minimum absolute atomic E-state index is 0.258. The molecule has 22 heavy (non-hydrogen) atoms. The summed E-state index contributed by atoms with van der Waals surface area (Å²) in [5, 5.41) is 0. The summed E-state index contributed by atoms with van der Waals surface area (Å²) in [7, 11) is 0. The van der Waals surface area contributed by atoms with Gasteiger partial charge in [0.1, 0.15) is 11.4 Å². The molecule has 116 valence electrons. The summed E-state index contributed by atoms with van der Waals surface area (Å²) in [5.41, 5.74) is 7.32. The van der Waals surface area contributed by atoms with Crippen molar-refractivity contribution in [3.05, 3.63) is 59.9 Å². The summed E-state index contributed by atoms with van der Waals surface area (Å²) in [6.45, 7) is 3.92. The molecule has 0 heterocycles. The van der Waals surface area contributed by atoms with Gasteiger partial charge >= 0.3 is 6.09 Å². The average Bonchev–Trinajstić information content (AvgIpc) is 2.53. The predicted octanol–water partition coefficient (Wildman–Crippen LogP) is 4.60. The maximum Gasteiger partial charge on any atom is 0.405 e. The van der Waals surface area contributed by atoms with Crippen molar-refractivity contribution in [3.63, 3.8) is 0 Å². The van der Waals surface area contributed by atoms with E-state index in [1.807, 2.05) is 38.1 Å². The van der Waals surface area contributed by atoms with Crippen LogP contribution in [-0.2, 0) is 10.3 Å². The first-order chi connectivity index (χ1) is 10.5. The van der Waals surface area contributed by atoms with Crippen LogP contribution < -0.4 is 5.73 Å². The van der Waals surface area contributed by atoms with E-state index in [4.69, 9.17) is 10.5 Å². The second kappa shape index (κ2) is 6.60. The Kier molecular flexibility index (Phi) is 4.81. The van der Waals surface area contributed by atoms with Crippen molar-refractivity contribution in [2.45, 2.75) is 32.3 Å². The number of benzene rings is 2. The summed E-state index contributed by atoms with van der Waals surface area (Å²) in [5.74, 6) is -0.258. The SMILES string of the molecule is CCC(CC)(OC(N)=O)c1ccc(-c2ccc(F)cc2)cc1. The summed E-state index contributed by atoms with van der Waals surface area (Å²) in [6, 6.07) is 14.1. The fraction of sp³-hybridized carbons (Fsp3) is 0.278. The molecular weight excluding hydrogens is 281 g/mol. The van der Waals surface area contributed by atoms with Crippen LogP contribution in [0.4, 0.5) is 9.18 Å². The van der Waals surface area contributed by atoms with E-state index < -0.39 is 11.7 Å². The van der Waals surface area contributed by atoms with Crippen LogP contribution in [0.1, 0.15) is 32.3 Å². The quantitative estimate of drug-likeness (QED) is 0.877. The van der Waals surface area contributed by atoms with Crippen LogP contribution in [-0.4, -0.2) is 6.09 Å². The van der Waals surface area contributed by atoms with Crippen LogP contribution in [0.5, 0.6) is 0 Å². The van der Waals surface area contributed by atoms with Crippen molar-refractivity contribution >= 4 is 6.09 Å². The van der Waals surface area contributed by atoms with Crippen molar-refractivity contribution in [3.8, 4) is 11.1 Å². The van der Waals surface area contributed by atoms with Gasteiger partial charge in [0.05, 0.1) is 0 Å². The van der Waals surface area contributed by atoms with E-state index in [9.17, 15) is 9.18 Å². The Hall–Kier alpha value is -2.36. The zero-order valence-corrected chi connectivity index (χ0v) is 12.8. The zero-order chi connectivity index (χ0) is 16.2. The maximum atomic E-state index is 13.0. The number of amides is 1. The Balaban J connectivity index is 2.33. The Morgan fingerprint density at radius 3 is 1.86 bits per heavy atom. The van der Waals surface area contributed by atoms with E-state index in [1.54, 1.807) is 12.1 Å². The summed E-state index contributed by atoms with van der Waals surface area (Å²) in [6.07, 6.45) is 0.510. The van der Waals surface area contributed by atoms with Crippen molar-refractivity contribution in [1.82, 2.24) is 0 Å². The van der Waals surface area contributed by atoms with Gasteiger partial charge in [-0.3, -0.25) is 0 Å². The van der Waals surface area contributed by atoms with Gasteiger partial charge in [-0.1, -0.05) is 50.2 Å². The first kappa shape index (κ1) is 16.0. The number of nitrogens with two attached hydrogens (primary N) is 1. The first-order valence-electron chi connectivity index (χ1n) is 7.35. The molecule has 0 radical (unpaired) electrons. The number of carbonyl (C=O) groups is 1. The van der Waals surface area contributed by atoms with Crippen LogP contribution in [0.15, 0.2) is 48.5 Å². The molecular formula is C18H20FNO2. The number of hydrogen-bond acceptors (Lipinski definition) is 2. The Morgan fingerprint density at radius 2 is 1.45 bits per heavy atom. The fourth-order valence-corrected chi connectivity index (χ4v) is 2.66. The molecule has 3 nitrogen and oxygen atoms in total. The molecule has 0 spiro atoms. The first-order valence-corrected chi connectivity index (χ1v) is 7.35. The Labute approximate surface area is 129 Å². The van der Waals surface area contributed by atoms with E-state index in [2.05, 4.69) is 0 Å². The van der Waals surface area contributed by atoms with Crippen molar-refractivity contribution in [2.75, 3.05) is 0 Å². The lowest BCUT2D eigenvalue weighted by molar-refractivity contribution is 0.00613. The van der Waals surface area contributed by atoms with E-state index in [0.717, 1.165) is 16.7 Å². The van der Waals surface area contributed by atoms with Gasteiger partial charge in [0.25, 0.3) is 0 Å². The minimum atomic E-state index is -0.772. The van der Waals surface area contributed by atoms with Crippen LogP contribution in [0, 0.1) is 5.82 Å². The zero-order valence-electron chi connectivity index (χ0n) is 12.8. The van der Waals surface area contributed by atoms with Crippen LogP contribution in [0.2, 0.25) is 0 Å². The molecule has 0 aliphatic rings. The van der Waals surface area contributed by atoms with Gasteiger partial charge in [0.15, 0.2) is 0 Å². The molecule has 0 bridgehead atoms. The molecule has 0 fully saturated rings. The number of ether oxygens (including phenoxy) is 1. The lowest BCUT2D eigenvalue weighted by atomic mass is 9.87. The monoisotopic (exact) mass is 301 g/mol. The van der Waals surface area contributed by atoms with E-state index in [-0.39, 0.29) is 5.82 Å². The molecule has 2 aromatic rings. The van der Waals surface area contributed by atoms with E-state index >= 15 is 0 Å². The Morgan fingerprint density at radius 1 is 1.00 bits per heavy atom. The van der Waals surface area contributed by atoms with Crippen LogP contribution >= 0.6 is 0 Å². The van der Waals surface area contributed by atoms with Gasteiger partial charge < -0.3 is 10.5 Å². The van der Waals surface area contributed by atoms with E-state index in [0.29, 0.717) is 12.8 Å². The van der Waals surface area contributed by atoms with Gasteiger partial charge in [-0.2, -0.15) is 0 Å². The lowest BCUT2D eigenvalue weighted by Crippen LogP contribution is -2.33. The maximum absolute atomic E-state index is 13.0. The van der Waals surface area contributed by atoms with Crippen LogP contribution in [0.3, 0.4) is 0 Å². The van der Waals surface area contributed by atoms with Gasteiger partial charge in [0, 0.05) is 0 Å². The summed E-state index contributed by atoms with van der Waals surface area (Å²) >= 11 is 0. The van der Waals surface area contributed by atoms with Crippen molar-refractivity contribution in [2.24, 2.45) is 5.73 Å². The highest BCUT2D eigenvalue weighted by Gasteiger charge is 2.32. The molecule has 0 aliphatic heterocycles. The normalized spacial score (nSPS) is 11.2.